The minimum atomic E-state index is -2.07. The van der Waals surface area contributed by atoms with E-state index in [1.165, 1.54) is 14.0 Å². The molecule has 1 N–H and O–H groups in total. The molecule has 4 saturated heterocycles. The highest BCUT2D eigenvalue weighted by molar-refractivity contribution is 5.73. The second-order valence-corrected chi connectivity index (χ2v) is 24.4. The fourth-order valence-corrected chi connectivity index (χ4v) is 12.0. The average Bonchev–Trinajstić information content (AvgIpc) is 0.763. The minimum absolute atomic E-state index is 0.00306. The monoisotopic (exact) mass is 1460 g/mol. The van der Waals surface area contributed by atoms with E-state index in [1.807, 2.05) is 30.3 Å². The van der Waals surface area contributed by atoms with Crippen LogP contribution < -0.4 is 14.8 Å². The summed E-state index contributed by atoms with van der Waals surface area (Å²) in [6.45, 7) is 7.57. The van der Waals surface area contributed by atoms with Crippen molar-refractivity contribution in [3.63, 3.8) is 0 Å². The van der Waals surface area contributed by atoms with Gasteiger partial charge in [0.25, 0.3) is 0 Å². The lowest BCUT2D eigenvalue weighted by Gasteiger charge is -2.51. The smallest absolute Gasteiger partial charge is 0.303 e. The van der Waals surface area contributed by atoms with Gasteiger partial charge >= 0.3 is 53.7 Å². The zero-order valence-electron chi connectivity index (χ0n) is 59.1. The summed E-state index contributed by atoms with van der Waals surface area (Å²) < 4.78 is 132. The molecule has 4 aliphatic rings. The van der Waals surface area contributed by atoms with Gasteiger partial charge in [0.1, 0.15) is 79.6 Å². The van der Waals surface area contributed by atoms with Crippen molar-refractivity contribution in [1.29, 1.82) is 0 Å². The molecule has 0 saturated carbocycles. The van der Waals surface area contributed by atoms with Gasteiger partial charge in [-0.05, 0) is 41.0 Å². The fraction of sp³-hybridized carbons (Fsp3) is 0.528. The van der Waals surface area contributed by atoms with Crippen LogP contribution in [-0.2, 0) is 158 Å². The molecule has 4 heterocycles. The molecule has 4 aromatic carbocycles. The molecule has 0 bridgehead atoms. The topological polar surface area (TPSA) is 377 Å². The van der Waals surface area contributed by atoms with Gasteiger partial charge in [-0.15, -0.1) is 0 Å². The summed E-state index contributed by atoms with van der Waals surface area (Å²) in [4.78, 5) is 132. The van der Waals surface area contributed by atoms with Gasteiger partial charge in [-0.1, -0.05) is 91.0 Å². The van der Waals surface area contributed by atoms with Gasteiger partial charge in [-0.3, -0.25) is 47.9 Å². The summed E-state index contributed by atoms with van der Waals surface area (Å²) in [6, 6.07) is 31.8. The number of benzene rings is 4. The lowest BCUT2D eigenvalue weighted by atomic mass is 9.94. The summed E-state index contributed by atoms with van der Waals surface area (Å²) in [6.07, 6.45) is -32.8. The van der Waals surface area contributed by atoms with E-state index >= 15 is 0 Å². The second-order valence-electron chi connectivity index (χ2n) is 24.4. The van der Waals surface area contributed by atoms with E-state index in [0.29, 0.717) is 16.9 Å². The number of nitrogens with one attached hydrogen (secondary N) is 1. The normalized spacial score (nSPS) is 28.7. The number of hydrogen-bond acceptors (Lipinski definition) is 31. The van der Waals surface area contributed by atoms with Gasteiger partial charge in [0, 0.05) is 69.2 Å². The summed E-state index contributed by atoms with van der Waals surface area (Å²) in [5.74, 6) is -8.32. The third-order valence-corrected chi connectivity index (χ3v) is 16.1. The number of rotatable bonds is 32. The molecular weight excluding hydrogens is 1370 g/mol. The zero-order chi connectivity index (χ0) is 75.1. The van der Waals surface area contributed by atoms with Gasteiger partial charge in [0.15, 0.2) is 61.6 Å². The van der Waals surface area contributed by atoms with Crippen molar-refractivity contribution in [1.82, 2.24) is 5.32 Å². The van der Waals surface area contributed by atoms with Crippen molar-refractivity contribution < 1.29 is 147 Å². The number of esters is 9. The summed E-state index contributed by atoms with van der Waals surface area (Å²) in [7, 11) is 1.49. The molecule has 32 nitrogen and oxygen atoms in total. The number of amides is 1. The predicted octanol–water partition coefficient (Wildman–Crippen LogP) is 4.30. The molecule has 8 rings (SSSR count). The lowest BCUT2D eigenvalue weighted by molar-refractivity contribution is -0.384. The van der Waals surface area contributed by atoms with Gasteiger partial charge in [0.05, 0.1) is 40.1 Å². The Balaban J connectivity index is 1.35. The highest BCUT2D eigenvalue weighted by Crippen LogP contribution is 2.40. The molecule has 20 unspecified atom stereocenters. The van der Waals surface area contributed by atoms with E-state index in [9.17, 15) is 47.9 Å². The third kappa shape index (κ3) is 23.7. The van der Waals surface area contributed by atoms with Gasteiger partial charge in [-0.2, -0.15) is 0 Å². The van der Waals surface area contributed by atoms with Crippen molar-refractivity contribution in [3.05, 3.63) is 132 Å². The van der Waals surface area contributed by atoms with Crippen LogP contribution in [0.4, 0.5) is 0 Å². The predicted molar refractivity (Wildman–Crippen MR) is 350 cm³/mol. The Kier molecular flexibility index (Phi) is 30.2. The van der Waals surface area contributed by atoms with Crippen molar-refractivity contribution in [2.45, 2.75) is 212 Å². The quantitative estimate of drug-likeness (QED) is 0.0526. The van der Waals surface area contributed by atoms with Crippen LogP contribution in [0.25, 0.3) is 0 Å². The van der Waals surface area contributed by atoms with E-state index in [4.69, 9.17) is 99.5 Å². The number of methoxy groups -OCH3 is 1. The van der Waals surface area contributed by atoms with Crippen LogP contribution in [0.1, 0.15) is 85.9 Å². The Hall–Kier alpha value is -9.22. The molecule has 32 heteroatoms. The molecule has 0 spiro atoms. The van der Waals surface area contributed by atoms with Crippen LogP contribution in [-0.4, -0.2) is 216 Å². The SMILES string of the molecule is COc1ccc(OC2OC(COCc3ccccc3)C(OC3OC(COC4OC(COC(C)=O)C(OC(C)=O)C(OC(C)=O)C4OC(C)=O)C(OCc4ccccc4)C(OC4OC(COC(C)=O)C(OC(C)=O)C(OC(C)=O)C4OC(C)=O)C3OC(C)=O)C(OCc3ccccc3)C2NC(C)=O)cc1. The van der Waals surface area contributed by atoms with Crippen molar-refractivity contribution >= 4 is 59.6 Å². The number of carbonyl (C=O) groups excluding carboxylic acids is 10. The van der Waals surface area contributed by atoms with Gasteiger partial charge in [0.2, 0.25) is 12.2 Å². The van der Waals surface area contributed by atoms with Gasteiger partial charge < -0.3 is 105 Å². The van der Waals surface area contributed by atoms with Gasteiger partial charge in [-0.25, -0.2) is 0 Å². The maximum atomic E-state index is 14.2. The first-order valence-electron chi connectivity index (χ1n) is 33.3. The second kappa shape index (κ2) is 39.1. The van der Waals surface area contributed by atoms with Crippen molar-refractivity contribution in [3.8, 4) is 11.5 Å². The zero-order valence-corrected chi connectivity index (χ0v) is 59.1. The number of carbonyl (C=O) groups is 10. The van der Waals surface area contributed by atoms with E-state index < -0.39 is 202 Å². The Morgan fingerprint density at radius 2 is 0.683 bits per heavy atom. The van der Waals surface area contributed by atoms with Crippen LogP contribution in [0.2, 0.25) is 0 Å². The molecule has 4 aliphatic heterocycles. The average molecular weight is 1460 g/mol. The molecule has 0 aromatic heterocycles. The van der Waals surface area contributed by atoms with Crippen LogP contribution in [0.15, 0.2) is 115 Å². The Labute approximate surface area is 599 Å². The molecule has 1 amide bonds. The molecule has 0 radical (unpaired) electrons. The van der Waals surface area contributed by atoms with Crippen LogP contribution in [0, 0.1) is 0 Å². The van der Waals surface area contributed by atoms with Crippen molar-refractivity contribution in [2.75, 3.05) is 33.5 Å². The van der Waals surface area contributed by atoms with Crippen LogP contribution >= 0.6 is 0 Å². The lowest BCUT2D eigenvalue weighted by Crippen LogP contribution is -2.70. The largest absolute Gasteiger partial charge is 0.497 e. The first kappa shape index (κ1) is 80.5. The molecular formula is C72H87NO31. The first-order chi connectivity index (χ1) is 49.7. The summed E-state index contributed by atoms with van der Waals surface area (Å²) >= 11 is 0. The highest BCUT2D eigenvalue weighted by Gasteiger charge is 2.60. The van der Waals surface area contributed by atoms with E-state index in [1.54, 1.807) is 84.9 Å². The van der Waals surface area contributed by atoms with Crippen LogP contribution in [0.3, 0.4) is 0 Å². The molecule has 0 aliphatic carbocycles. The molecule has 104 heavy (non-hydrogen) atoms. The molecule has 4 fully saturated rings. The highest BCUT2D eigenvalue weighted by atomic mass is 16.8. The van der Waals surface area contributed by atoms with Crippen LogP contribution in [0.5, 0.6) is 11.5 Å². The standard InChI is InChI=1S/C72H87NO31/c1-38(74)73-57-62(89-33-50-25-19-14-20-26-50)59(53(34-85-31-48-21-15-12-16-22-48)99-69(57)98-52-29-27-51(84-11)28-30-52)103-71-67(96-46(9)82)63(104-72-68(97-47(10)83)65(94-44(7)80)61(92-42(5)78)56(102-72)36-87-40(3)76)58(88-32-49-23-17-13-18-24-49)54(101-71)37-90-70-66(95-45(8)81)64(93-43(6)79)60(91-41(4)77)55(100-70)35-86-39(2)75/h12-30,53-72H,31-37H2,1-11H3,(H,73,74). The fourth-order valence-electron chi connectivity index (χ4n) is 12.0. The van der Waals surface area contributed by atoms with E-state index in [-0.39, 0.29) is 32.2 Å². The molecule has 566 valence electrons. The third-order valence-electron chi connectivity index (χ3n) is 16.1. The minimum Gasteiger partial charge on any atom is -0.497 e. The Morgan fingerprint density at radius 3 is 1.12 bits per heavy atom. The summed E-state index contributed by atoms with van der Waals surface area (Å²) in [5, 5.41) is 2.94. The Bertz CT molecular complexity index is 3490. The maximum Gasteiger partial charge on any atom is 0.303 e. The maximum absolute atomic E-state index is 14.2. The number of hydrogen-bond donors (Lipinski definition) is 1. The van der Waals surface area contributed by atoms with E-state index in [2.05, 4.69) is 5.32 Å². The first-order valence-corrected chi connectivity index (χ1v) is 33.3. The Morgan fingerprint density at radius 1 is 0.327 bits per heavy atom. The van der Waals surface area contributed by atoms with E-state index in [0.717, 1.165) is 67.9 Å². The molecule has 20 atom stereocenters. The van der Waals surface area contributed by atoms with Crippen molar-refractivity contribution in [2.24, 2.45) is 0 Å². The summed E-state index contributed by atoms with van der Waals surface area (Å²) in [5.41, 5.74) is 1.91. The molecule has 4 aromatic rings. The number of ether oxygens (including phenoxy) is 21.